The first kappa shape index (κ1) is 24.9. The van der Waals surface area contributed by atoms with E-state index in [0.29, 0.717) is 63.4 Å². The number of rotatable bonds is 5. The van der Waals surface area contributed by atoms with Gasteiger partial charge in [0.1, 0.15) is 5.69 Å². The Labute approximate surface area is 211 Å². The minimum atomic E-state index is -0.100. The molecule has 196 valence electrons. The van der Waals surface area contributed by atoms with Gasteiger partial charge in [-0.25, -0.2) is 0 Å². The number of aromatic nitrogens is 4. The van der Waals surface area contributed by atoms with E-state index in [1.165, 1.54) is 0 Å². The van der Waals surface area contributed by atoms with Gasteiger partial charge in [-0.2, -0.15) is 5.10 Å². The van der Waals surface area contributed by atoms with Gasteiger partial charge in [0.25, 0.3) is 5.91 Å². The molecule has 0 N–H and O–H groups in total. The van der Waals surface area contributed by atoms with E-state index in [4.69, 9.17) is 9.15 Å². The second kappa shape index (κ2) is 9.93. The summed E-state index contributed by atoms with van der Waals surface area (Å²) < 4.78 is 13.1. The first-order chi connectivity index (χ1) is 17.2. The lowest BCUT2D eigenvalue weighted by atomic mass is 9.76. The van der Waals surface area contributed by atoms with Crippen LogP contribution in [0.2, 0.25) is 0 Å². The third-order valence-electron chi connectivity index (χ3n) is 7.88. The van der Waals surface area contributed by atoms with E-state index in [2.05, 4.69) is 20.2 Å². The lowest BCUT2D eigenvalue weighted by molar-refractivity contribution is -0.136. The van der Waals surface area contributed by atoms with Crippen molar-refractivity contribution in [2.75, 3.05) is 52.5 Å². The highest BCUT2D eigenvalue weighted by molar-refractivity contribution is 5.92. The second-order valence-electron chi connectivity index (χ2n) is 10.8. The minimum absolute atomic E-state index is 0.00156. The van der Waals surface area contributed by atoms with Gasteiger partial charge in [0.05, 0.1) is 31.5 Å². The van der Waals surface area contributed by atoms with Gasteiger partial charge >= 0.3 is 0 Å². The smallest absolute Gasteiger partial charge is 0.272 e. The minimum Gasteiger partial charge on any atom is -0.423 e. The zero-order valence-electron chi connectivity index (χ0n) is 21.8. The summed E-state index contributed by atoms with van der Waals surface area (Å²) in [4.78, 5) is 32.3. The number of carbonyl (C=O) groups excluding carboxylic acids is 2. The number of carbonyl (C=O) groups is 2. The molecule has 0 aliphatic carbocycles. The van der Waals surface area contributed by atoms with Crippen molar-refractivity contribution < 1.29 is 18.7 Å². The van der Waals surface area contributed by atoms with Gasteiger partial charge in [-0.15, -0.1) is 10.2 Å². The number of nitrogens with zero attached hydrogens (tertiary/aromatic N) is 7. The Bertz CT molecular complexity index is 1100. The number of piperidine rings is 1. The summed E-state index contributed by atoms with van der Waals surface area (Å²) in [5, 5.41) is 13.0. The molecule has 0 bridgehead atoms. The van der Waals surface area contributed by atoms with Crippen LogP contribution in [-0.2, 0) is 16.6 Å². The fourth-order valence-corrected chi connectivity index (χ4v) is 5.77. The third kappa shape index (κ3) is 4.90. The van der Waals surface area contributed by atoms with Crippen molar-refractivity contribution in [3.8, 4) is 0 Å². The van der Waals surface area contributed by atoms with Crippen LogP contribution < -0.4 is 0 Å². The maximum absolute atomic E-state index is 13.1. The summed E-state index contributed by atoms with van der Waals surface area (Å²) in [6, 6.07) is 1.75. The molecule has 11 heteroatoms. The van der Waals surface area contributed by atoms with Crippen LogP contribution in [0.4, 0.5) is 0 Å². The first-order valence-corrected chi connectivity index (χ1v) is 13.0. The molecule has 3 aliphatic rings. The van der Waals surface area contributed by atoms with E-state index in [0.717, 1.165) is 31.5 Å². The molecule has 2 aromatic heterocycles. The number of hydrogen-bond donors (Lipinski definition) is 0. The summed E-state index contributed by atoms with van der Waals surface area (Å²) in [7, 11) is 1.81. The number of morpholine rings is 1. The highest BCUT2D eigenvalue weighted by atomic mass is 16.5. The van der Waals surface area contributed by atoms with Crippen LogP contribution in [-0.4, -0.2) is 99.0 Å². The summed E-state index contributed by atoms with van der Waals surface area (Å²) in [6.45, 7) is 10.9. The molecular weight excluding hydrogens is 462 g/mol. The molecule has 5 rings (SSSR count). The fourth-order valence-electron chi connectivity index (χ4n) is 5.77. The predicted octanol–water partition coefficient (Wildman–Crippen LogP) is 1.76. The van der Waals surface area contributed by atoms with E-state index >= 15 is 0 Å². The molecular formula is C25H37N7O4. The van der Waals surface area contributed by atoms with Crippen molar-refractivity contribution in [3.63, 3.8) is 0 Å². The molecule has 5 heterocycles. The van der Waals surface area contributed by atoms with Crippen LogP contribution in [0.3, 0.4) is 0 Å². The number of likely N-dealkylation sites (tertiary alicyclic amines) is 2. The Morgan fingerprint density at radius 1 is 1.11 bits per heavy atom. The number of aryl methyl sites for hydroxylation is 2. The monoisotopic (exact) mass is 499 g/mol. The fraction of sp³-hybridized carbons (Fsp3) is 0.720. The van der Waals surface area contributed by atoms with Crippen molar-refractivity contribution in [3.05, 3.63) is 29.2 Å². The third-order valence-corrected chi connectivity index (χ3v) is 7.88. The maximum Gasteiger partial charge on any atom is 0.272 e. The van der Waals surface area contributed by atoms with Crippen LogP contribution in [0.1, 0.15) is 73.0 Å². The van der Waals surface area contributed by atoms with Gasteiger partial charge in [0.15, 0.2) is 0 Å². The number of amides is 2. The predicted molar refractivity (Wildman–Crippen MR) is 130 cm³/mol. The zero-order valence-corrected chi connectivity index (χ0v) is 21.8. The molecule has 2 aromatic rings. The molecule has 2 amide bonds. The molecule has 1 atom stereocenters. The van der Waals surface area contributed by atoms with Crippen molar-refractivity contribution in [1.29, 1.82) is 0 Å². The Hall–Kier alpha value is -2.79. The average Bonchev–Trinajstić information content (AvgIpc) is 3.57. The van der Waals surface area contributed by atoms with Crippen molar-refractivity contribution in [2.45, 2.75) is 52.0 Å². The van der Waals surface area contributed by atoms with Crippen LogP contribution in [0.5, 0.6) is 0 Å². The Morgan fingerprint density at radius 3 is 2.44 bits per heavy atom. The van der Waals surface area contributed by atoms with Crippen LogP contribution in [0.25, 0.3) is 0 Å². The molecule has 0 radical (unpaired) electrons. The molecule has 0 saturated carbocycles. The number of ether oxygens (including phenoxy) is 1. The first-order valence-electron chi connectivity index (χ1n) is 13.0. The Kier molecular flexibility index (Phi) is 6.86. The van der Waals surface area contributed by atoms with E-state index in [9.17, 15) is 9.59 Å². The molecule has 3 fully saturated rings. The van der Waals surface area contributed by atoms with E-state index < -0.39 is 0 Å². The summed E-state index contributed by atoms with van der Waals surface area (Å²) in [5.74, 6) is 1.50. The molecule has 1 spiro atoms. The van der Waals surface area contributed by atoms with E-state index in [1.807, 2.05) is 43.7 Å². The molecule has 1 unspecified atom stereocenters. The van der Waals surface area contributed by atoms with Crippen molar-refractivity contribution in [2.24, 2.45) is 12.5 Å². The number of hydrogen-bond acceptors (Lipinski definition) is 8. The van der Waals surface area contributed by atoms with Crippen molar-refractivity contribution in [1.82, 2.24) is 34.7 Å². The molecule has 3 aliphatic heterocycles. The summed E-state index contributed by atoms with van der Waals surface area (Å²) in [5.41, 5.74) is 1.47. The highest BCUT2D eigenvalue weighted by Gasteiger charge is 2.49. The van der Waals surface area contributed by atoms with Gasteiger partial charge in [0.2, 0.25) is 17.7 Å². The lowest BCUT2D eigenvalue weighted by Crippen LogP contribution is -2.47. The molecule has 36 heavy (non-hydrogen) atoms. The second-order valence-corrected chi connectivity index (χ2v) is 10.8. The Morgan fingerprint density at radius 2 is 1.83 bits per heavy atom. The topological polar surface area (TPSA) is 110 Å². The maximum atomic E-state index is 13.1. The molecule has 3 saturated heterocycles. The summed E-state index contributed by atoms with van der Waals surface area (Å²) in [6.07, 6.45) is 2.59. The summed E-state index contributed by atoms with van der Waals surface area (Å²) >= 11 is 0. The lowest BCUT2D eigenvalue weighted by Gasteiger charge is -2.39. The van der Waals surface area contributed by atoms with E-state index in [1.54, 1.807) is 4.68 Å². The standard InChI is InChI=1S/C25H37N7O4/c1-17(2)22-26-27-23(36-22)20-14-25(16-32(20)15-21(33)30-9-11-35-12-10-30)5-7-31(8-6-25)24(34)19-13-18(3)28-29(19)4/h13,17,20H,5-12,14-16H2,1-4H3. The molecule has 11 nitrogen and oxygen atoms in total. The van der Waals surface area contributed by atoms with Crippen LogP contribution >= 0.6 is 0 Å². The van der Waals surface area contributed by atoms with Crippen LogP contribution in [0, 0.1) is 12.3 Å². The largest absolute Gasteiger partial charge is 0.423 e. The van der Waals surface area contributed by atoms with Gasteiger partial charge in [0, 0.05) is 45.7 Å². The van der Waals surface area contributed by atoms with Gasteiger partial charge in [-0.1, -0.05) is 13.8 Å². The van der Waals surface area contributed by atoms with Gasteiger partial charge in [-0.3, -0.25) is 19.2 Å². The van der Waals surface area contributed by atoms with Crippen LogP contribution in [0.15, 0.2) is 10.5 Å². The molecule has 0 aromatic carbocycles. The average molecular weight is 500 g/mol. The quantitative estimate of drug-likeness (QED) is 0.612. The van der Waals surface area contributed by atoms with Gasteiger partial charge < -0.3 is 19.0 Å². The highest BCUT2D eigenvalue weighted by Crippen LogP contribution is 2.49. The van der Waals surface area contributed by atoms with Gasteiger partial charge in [-0.05, 0) is 37.7 Å². The zero-order chi connectivity index (χ0) is 25.4. The SMILES string of the molecule is Cc1cc(C(=O)N2CCC3(CC2)CC(c2nnc(C(C)C)o2)N(CC(=O)N2CCOCC2)C3)n(C)n1. The normalized spacial score (nSPS) is 22.6. The Balaban J connectivity index is 1.31. The van der Waals surface area contributed by atoms with Crippen molar-refractivity contribution >= 4 is 11.8 Å². The van der Waals surface area contributed by atoms with E-state index in [-0.39, 0.29) is 29.2 Å².